The number of carboxylic acid groups (broad SMARTS) is 1. The standard InChI is InChI=1S/C9H16O3/c1-9(2)4-6(5-9)7(10)3-8(11)12/h6-7,10H,3-5H2,1-2H3,(H,11,12). The highest BCUT2D eigenvalue weighted by atomic mass is 16.4. The van der Waals surface area contributed by atoms with Crippen LogP contribution in [0, 0.1) is 11.3 Å². The van der Waals surface area contributed by atoms with Crippen molar-refractivity contribution in [3.05, 3.63) is 0 Å². The third kappa shape index (κ3) is 2.21. The second kappa shape index (κ2) is 3.05. The summed E-state index contributed by atoms with van der Waals surface area (Å²) in [4.78, 5) is 10.3. The highest BCUT2D eigenvalue weighted by molar-refractivity contribution is 5.67. The molecule has 1 atom stereocenters. The van der Waals surface area contributed by atoms with Gasteiger partial charge in [-0.3, -0.25) is 4.79 Å². The molecule has 0 amide bonds. The van der Waals surface area contributed by atoms with Gasteiger partial charge in [-0.1, -0.05) is 13.8 Å². The lowest BCUT2D eigenvalue weighted by Crippen LogP contribution is -2.39. The van der Waals surface area contributed by atoms with Crippen LogP contribution in [0.2, 0.25) is 0 Å². The molecule has 0 aromatic heterocycles. The van der Waals surface area contributed by atoms with E-state index in [4.69, 9.17) is 5.11 Å². The second-order valence-corrected chi connectivity index (χ2v) is 4.50. The number of rotatable bonds is 3. The zero-order chi connectivity index (χ0) is 9.35. The van der Waals surface area contributed by atoms with Gasteiger partial charge >= 0.3 is 5.97 Å². The van der Waals surface area contributed by atoms with Crippen molar-refractivity contribution >= 4 is 5.97 Å². The van der Waals surface area contributed by atoms with Crippen molar-refractivity contribution < 1.29 is 15.0 Å². The summed E-state index contributed by atoms with van der Waals surface area (Å²) in [6.07, 6.45) is 1.14. The number of aliphatic hydroxyl groups excluding tert-OH is 1. The van der Waals surface area contributed by atoms with E-state index in [-0.39, 0.29) is 12.3 Å². The molecule has 2 N–H and O–H groups in total. The van der Waals surface area contributed by atoms with E-state index in [0.717, 1.165) is 12.8 Å². The lowest BCUT2D eigenvalue weighted by molar-refractivity contribution is -0.141. The zero-order valence-electron chi connectivity index (χ0n) is 7.58. The van der Waals surface area contributed by atoms with Gasteiger partial charge in [0, 0.05) is 0 Å². The van der Waals surface area contributed by atoms with Gasteiger partial charge in [0.25, 0.3) is 0 Å². The van der Waals surface area contributed by atoms with Gasteiger partial charge in [-0.25, -0.2) is 0 Å². The van der Waals surface area contributed by atoms with Crippen LogP contribution in [-0.2, 0) is 4.79 Å². The minimum Gasteiger partial charge on any atom is -0.481 e. The van der Waals surface area contributed by atoms with Crippen molar-refractivity contribution in [1.29, 1.82) is 0 Å². The maximum atomic E-state index is 10.3. The van der Waals surface area contributed by atoms with Crippen molar-refractivity contribution in [2.75, 3.05) is 0 Å². The summed E-state index contributed by atoms with van der Waals surface area (Å²) in [6, 6.07) is 0. The van der Waals surface area contributed by atoms with E-state index in [9.17, 15) is 9.90 Å². The largest absolute Gasteiger partial charge is 0.481 e. The first kappa shape index (κ1) is 9.52. The third-order valence-electron chi connectivity index (χ3n) is 2.56. The molecule has 1 unspecified atom stereocenters. The van der Waals surface area contributed by atoms with Crippen molar-refractivity contribution in [1.82, 2.24) is 0 Å². The third-order valence-corrected chi connectivity index (χ3v) is 2.56. The van der Waals surface area contributed by atoms with Gasteiger partial charge in [0.15, 0.2) is 0 Å². The number of hydrogen-bond donors (Lipinski definition) is 2. The molecule has 0 spiro atoms. The fourth-order valence-electron chi connectivity index (χ4n) is 1.98. The number of aliphatic hydroxyl groups is 1. The Morgan fingerprint density at radius 2 is 2.08 bits per heavy atom. The number of carbonyl (C=O) groups is 1. The summed E-state index contributed by atoms with van der Waals surface area (Å²) in [7, 11) is 0. The summed E-state index contributed by atoms with van der Waals surface area (Å²) in [5.74, 6) is -0.705. The van der Waals surface area contributed by atoms with Gasteiger partial charge in [-0.05, 0) is 24.2 Å². The molecular weight excluding hydrogens is 156 g/mol. The SMILES string of the molecule is CC1(C)CC(C(O)CC(=O)O)C1. The van der Waals surface area contributed by atoms with Crippen molar-refractivity contribution in [2.45, 2.75) is 39.2 Å². The van der Waals surface area contributed by atoms with Crippen molar-refractivity contribution in [3.63, 3.8) is 0 Å². The summed E-state index contributed by atoms with van der Waals surface area (Å²) < 4.78 is 0. The van der Waals surface area contributed by atoms with E-state index in [0.29, 0.717) is 5.41 Å². The predicted molar refractivity (Wildman–Crippen MR) is 44.8 cm³/mol. The van der Waals surface area contributed by atoms with Gasteiger partial charge < -0.3 is 10.2 Å². The number of hydrogen-bond acceptors (Lipinski definition) is 2. The van der Waals surface area contributed by atoms with Crippen LogP contribution in [0.25, 0.3) is 0 Å². The summed E-state index contributed by atoms with van der Waals surface area (Å²) >= 11 is 0. The van der Waals surface area contributed by atoms with E-state index in [2.05, 4.69) is 13.8 Å². The predicted octanol–water partition coefficient (Wildman–Crippen LogP) is 1.26. The van der Waals surface area contributed by atoms with Crippen LogP contribution >= 0.6 is 0 Å². The Hall–Kier alpha value is -0.570. The summed E-state index contributed by atoms with van der Waals surface area (Å²) in [6.45, 7) is 4.27. The maximum absolute atomic E-state index is 10.3. The molecule has 12 heavy (non-hydrogen) atoms. The summed E-state index contributed by atoms with van der Waals surface area (Å²) in [5.41, 5.74) is 0.310. The Morgan fingerprint density at radius 1 is 1.58 bits per heavy atom. The molecular formula is C9H16O3. The topological polar surface area (TPSA) is 57.5 Å². The fourth-order valence-corrected chi connectivity index (χ4v) is 1.98. The van der Waals surface area contributed by atoms with E-state index >= 15 is 0 Å². The number of carboxylic acids is 1. The molecule has 0 aromatic rings. The van der Waals surface area contributed by atoms with Crippen molar-refractivity contribution in [3.8, 4) is 0 Å². The molecule has 1 saturated carbocycles. The van der Waals surface area contributed by atoms with Crippen LogP contribution in [0.1, 0.15) is 33.1 Å². The Labute approximate surface area is 72.4 Å². The zero-order valence-corrected chi connectivity index (χ0v) is 7.58. The monoisotopic (exact) mass is 172 g/mol. The van der Waals surface area contributed by atoms with E-state index in [1.165, 1.54) is 0 Å². The number of aliphatic carboxylic acids is 1. The molecule has 1 fully saturated rings. The smallest absolute Gasteiger partial charge is 0.305 e. The molecule has 1 aliphatic rings. The Bertz CT molecular complexity index is 178. The average Bonchev–Trinajstić information content (AvgIpc) is 1.80. The highest BCUT2D eigenvalue weighted by Crippen LogP contribution is 2.46. The molecule has 0 aromatic carbocycles. The Kier molecular flexibility index (Phi) is 2.42. The van der Waals surface area contributed by atoms with Gasteiger partial charge in [-0.2, -0.15) is 0 Å². The van der Waals surface area contributed by atoms with Crippen LogP contribution in [0.4, 0.5) is 0 Å². The van der Waals surface area contributed by atoms with Crippen LogP contribution < -0.4 is 0 Å². The van der Waals surface area contributed by atoms with Gasteiger partial charge in [0.2, 0.25) is 0 Å². The molecule has 3 heteroatoms. The van der Waals surface area contributed by atoms with E-state index in [1.54, 1.807) is 0 Å². The quantitative estimate of drug-likeness (QED) is 0.673. The minimum atomic E-state index is -0.910. The average molecular weight is 172 g/mol. The van der Waals surface area contributed by atoms with Gasteiger partial charge in [0.05, 0.1) is 12.5 Å². The highest BCUT2D eigenvalue weighted by Gasteiger charge is 2.40. The molecule has 0 radical (unpaired) electrons. The molecule has 0 saturated heterocycles. The van der Waals surface area contributed by atoms with Crippen LogP contribution in [0.3, 0.4) is 0 Å². The maximum Gasteiger partial charge on any atom is 0.305 e. The first-order valence-corrected chi connectivity index (χ1v) is 4.30. The van der Waals surface area contributed by atoms with Crippen molar-refractivity contribution in [2.24, 2.45) is 11.3 Å². The first-order valence-electron chi connectivity index (χ1n) is 4.30. The Balaban J connectivity index is 2.28. The van der Waals surface area contributed by atoms with E-state index < -0.39 is 12.1 Å². The fraction of sp³-hybridized carbons (Fsp3) is 0.889. The van der Waals surface area contributed by atoms with Crippen LogP contribution in [0.15, 0.2) is 0 Å². The molecule has 0 heterocycles. The lowest BCUT2D eigenvalue weighted by Gasteiger charge is -2.44. The molecule has 0 bridgehead atoms. The molecule has 0 aliphatic heterocycles. The normalized spacial score (nSPS) is 24.6. The first-order chi connectivity index (χ1) is 5.41. The molecule has 1 rings (SSSR count). The summed E-state index contributed by atoms with van der Waals surface area (Å²) in [5, 5.41) is 17.8. The van der Waals surface area contributed by atoms with E-state index in [1.807, 2.05) is 0 Å². The molecule has 1 aliphatic carbocycles. The molecule has 3 nitrogen and oxygen atoms in total. The molecule has 70 valence electrons. The second-order valence-electron chi connectivity index (χ2n) is 4.50. The Morgan fingerprint density at radius 3 is 2.42 bits per heavy atom. The lowest BCUT2D eigenvalue weighted by atomic mass is 9.62. The minimum absolute atomic E-state index is 0.110. The van der Waals surface area contributed by atoms with Crippen LogP contribution in [-0.4, -0.2) is 22.3 Å². The van der Waals surface area contributed by atoms with Gasteiger partial charge in [-0.15, -0.1) is 0 Å². The van der Waals surface area contributed by atoms with Crippen LogP contribution in [0.5, 0.6) is 0 Å². The van der Waals surface area contributed by atoms with Gasteiger partial charge in [0.1, 0.15) is 0 Å².